The zero-order chi connectivity index (χ0) is 25.9. The molecular weight excluding hydrogens is 494 g/mol. The maximum atomic E-state index is 6.54. The number of halogens is 1. The van der Waals surface area contributed by atoms with Crippen LogP contribution in [0.4, 0.5) is 0 Å². The molecular formula is C31H30ClN5O. The van der Waals surface area contributed by atoms with Crippen molar-refractivity contribution in [2.45, 2.75) is 26.3 Å². The van der Waals surface area contributed by atoms with Crippen LogP contribution in [-0.2, 0) is 6.54 Å². The second-order valence-electron chi connectivity index (χ2n) is 10.0. The van der Waals surface area contributed by atoms with Gasteiger partial charge in [-0.25, -0.2) is 0 Å². The number of hydrogen-bond acceptors (Lipinski definition) is 5. The zero-order valence-corrected chi connectivity index (χ0v) is 22.2. The monoisotopic (exact) mass is 523 g/mol. The van der Waals surface area contributed by atoms with E-state index in [1.165, 1.54) is 11.1 Å². The molecule has 3 heterocycles. The summed E-state index contributed by atoms with van der Waals surface area (Å²) in [7, 11) is 0. The minimum atomic E-state index is 0.473. The van der Waals surface area contributed by atoms with Gasteiger partial charge in [-0.2, -0.15) is 4.52 Å². The Bertz CT molecular complexity index is 1510. The third-order valence-electron chi connectivity index (χ3n) is 7.30. The van der Waals surface area contributed by atoms with Gasteiger partial charge >= 0.3 is 0 Å². The highest BCUT2D eigenvalue weighted by Gasteiger charge is 2.24. The molecule has 1 saturated heterocycles. The molecule has 38 heavy (non-hydrogen) atoms. The third kappa shape index (κ3) is 5.28. The Labute approximate surface area is 227 Å². The standard InChI is InChI=1S/C31H30ClN5O/c1-22-7-9-25(10-8-22)28-29(26-11-13-27(32)14-12-26)31(35-37-21-33-34-30(28)37)38-20-24-15-17-36(18-16-24)19-23-5-3-2-4-6-23/h2-14,21,24H,15-20H2,1H3. The van der Waals surface area contributed by atoms with Gasteiger partial charge in [0, 0.05) is 17.1 Å². The largest absolute Gasteiger partial charge is 0.476 e. The maximum Gasteiger partial charge on any atom is 0.240 e. The molecule has 1 aliphatic rings. The zero-order valence-electron chi connectivity index (χ0n) is 21.4. The molecule has 0 aliphatic carbocycles. The SMILES string of the molecule is Cc1ccc(-c2c(-c3ccc(Cl)cc3)c(OCC3CCN(Cc4ccccc4)CC3)nn3cnnc23)cc1. The van der Waals surface area contributed by atoms with Crippen molar-refractivity contribution in [2.24, 2.45) is 5.92 Å². The molecule has 0 unspecified atom stereocenters. The topological polar surface area (TPSA) is 55.5 Å². The van der Waals surface area contributed by atoms with Gasteiger partial charge in [0.15, 0.2) is 5.65 Å². The number of piperidine rings is 1. The highest BCUT2D eigenvalue weighted by molar-refractivity contribution is 6.30. The first-order valence-corrected chi connectivity index (χ1v) is 13.5. The first kappa shape index (κ1) is 24.6. The second kappa shape index (κ2) is 10.9. The van der Waals surface area contributed by atoms with Gasteiger partial charge < -0.3 is 4.74 Å². The predicted molar refractivity (Wildman–Crippen MR) is 151 cm³/mol. The van der Waals surface area contributed by atoms with Crippen LogP contribution in [0.1, 0.15) is 24.0 Å². The second-order valence-corrected chi connectivity index (χ2v) is 10.5. The lowest BCUT2D eigenvalue weighted by atomic mass is 9.95. The summed E-state index contributed by atoms with van der Waals surface area (Å²) in [6.07, 6.45) is 3.83. The van der Waals surface area contributed by atoms with Gasteiger partial charge in [0.05, 0.1) is 12.2 Å². The van der Waals surface area contributed by atoms with E-state index >= 15 is 0 Å². The molecule has 6 rings (SSSR count). The summed E-state index contributed by atoms with van der Waals surface area (Å²) >= 11 is 6.24. The molecule has 6 nitrogen and oxygen atoms in total. The predicted octanol–water partition coefficient (Wildman–Crippen LogP) is 6.71. The first-order valence-electron chi connectivity index (χ1n) is 13.1. The molecule has 2 aromatic heterocycles. The van der Waals surface area contributed by atoms with Crippen LogP contribution in [0, 0.1) is 12.8 Å². The van der Waals surface area contributed by atoms with E-state index in [1.54, 1.807) is 10.8 Å². The molecule has 0 bridgehead atoms. The highest BCUT2D eigenvalue weighted by Crippen LogP contribution is 2.41. The molecule has 3 aromatic carbocycles. The average Bonchev–Trinajstić information content (AvgIpc) is 3.42. The number of nitrogens with zero attached hydrogens (tertiary/aromatic N) is 5. The van der Waals surface area contributed by atoms with Crippen LogP contribution in [0.2, 0.25) is 5.02 Å². The van der Waals surface area contributed by atoms with E-state index in [1.807, 2.05) is 24.3 Å². The maximum absolute atomic E-state index is 6.54. The van der Waals surface area contributed by atoms with Crippen molar-refractivity contribution >= 4 is 17.2 Å². The molecule has 0 radical (unpaired) electrons. The molecule has 0 spiro atoms. The number of likely N-dealkylation sites (tertiary alicyclic amines) is 1. The van der Waals surface area contributed by atoms with Crippen molar-refractivity contribution < 1.29 is 4.74 Å². The van der Waals surface area contributed by atoms with Crippen molar-refractivity contribution in [1.29, 1.82) is 0 Å². The van der Waals surface area contributed by atoms with Crippen LogP contribution < -0.4 is 4.74 Å². The normalized spacial score (nSPS) is 14.7. The number of hydrogen-bond donors (Lipinski definition) is 0. The minimum absolute atomic E-state index is 0.473. The van der Waals surface area contributed by atoms with Crippen LogP contribution in [0.3, 0.4) is 0 Å². The van der Waals surface area contributed by atoms with E-state index in [0.717, 1.165) is 54.7 Å². The Hall–Kier alpha value is -3.74. The highest BCUT2D eigenvalue weighted by atomic mass is 35.5. The molecule has 1 aliphatic heterocycles. The van der Waals surface area contributed by atoms with Crippen LogP contribution in [0.25, 0.3) is 27.9 Å². The summed E-state index contributed by atoms with van der Waals surface area (Å²) in [5.41, 5.74) is 7.14. The van der Waals surface area contributed by atoms with Crippen LogP contribution in [0.5, 0.6) is 5.88 Å². The Morgan fingerprint density at radius 1 is 0.868 bits per heavy atom. The van der Waals surface area contributed by atoms with Gasteiger partial charge in [0.25, 0.3) is 0 Å². The number of rotatable bonds is 7. The van der Waals surface area contributed by atoms with Gasteiger partial charge in [-0.1, -0.05) is 83.9 Å². The molecule has 0 N–H and O–H groups in total. The number of aromatic nitrogens is 4. The smallest absolute Gasteiger partial charge is 0.240 e. The van der Waals surface area contributed by atoms with E-state index in [9.17, 15) is 0 Å². The quantitative estimate of drug-likeness (QED) is 0.237. The Balaban J connectivity index is 1.29. The van der Waals surface area contributed by atoms with Gasteiger partial charge in [-0.05, 0) is 67.6 Å². The van der Waals surface area contributed by atoms with E-state index in [2.05, 4.69) is 76.6 Å². The lowest BCUT2D eigenvalue weighted by Gasteiger charge is -2.32. The van der Waals surface area contributed by atoms with Crippen molar-refractivity contribution in [3.63, 3.8) is 0 Å². The van der Waals surface area contributed by atoms with Gasteiger partial charge in [0.1, 0.15) is 6.33 Å². The molecule has 0 amide bonds. The number of ether oxygens (including phenoxy) is 1. The summed E-state index contributed by atoms with van der Waals surface area (Å²) in [6, 6.07) is 27.0. The fraction of sp³-hybridized carbons (Fsp3) is 0.258. The summed E-state index contributed by atoms with van der Waals surface area (Å²) in [4.78, 5) is 2.53. The van der Waals surface area contributed by atoms with E-state index < -0.39 is 0 Å². The van der Waals surface area contributed by atoms with E-state index in [-0.39, 0.29) is 0 Å². The van der Waals surface area contributed by atoms with Crippen LogP contribution in [-0.4, -0.2) is 44.4 Å². The first-order chi connectivity index (χ1) is 18.6. The number of fused-ring (bicyclic) bond motifs is 1. The molecule has 192 valence electrons. The number of aryl methyl sites for hydroxylation is 1. The van der Waals surface area contributed by atoms with Crippen molar-refractivity contribution in [3.05, 3.63) is 101 Å². The molecule has 5 aromatic rings. The minimum Gasteiger partial charge on any atom is -0.476 e. The molecule has 0 saturated carbocycles. The average molecular weight is 524 g/mol. The summed E-state index contributed by atoms with van der Waals surface area (Å²) < 4.78 is 8.25. The molecule has 0 atom stereocenters. The fourth-order valence-corrected chi connectivity index (χ4v) is 5.29. The van der Waals surface area contributed by atoms with Gasteiger partial charge in [-0.3, -0.25) is 4.90 Å². The summed E-state index contributed by atoms with van der Waals surface area (Å²) in [6.45, 7) is 5.84. The Morgan fingerprint density at radius 3 is 2.29 bits per heavy atom. The Morgan fingerprint density at radius 2 is 1.55 bits per heavy atom. The lowest BCUT2D eigenvalue weighted by Crippen LogP contribution is -2.35. The van der Waals surface area contributed by atoms with Gasteiger partial charge in [-0.15, -0.1) is 15.3 Å². The molecule has 7 heteroatoms. The summed E-state index contributed by atoms with van der Waals surface area (Å²) in [5, 5.41) is 14.1. The Kier molecular flexibility index (Phi) is 7.08. The molecule has 1 fully saturated rings. The van der Waals surface area contributed by atoms with E-state index in [4.69, 9.17) is 21.4 Å². The fourth-order valence-electron chi connectivity index (χ4n) is 5.16. The van der Waals surface area contributed by atoms with Crippen LogP contribution >= 0.6 is 11.6 Å². The van der Waals surface area contributed by atoms with Crippen molar-refractivity contribution in [2.75, 3.05) is 19.7 Å². The lowest BCUT2D eigenvalue weighted by molar-refractivity contribution is 0.134. The van der Waals surface area contributed by atoms with Crippen LogP contribution in [0.15, 0.2) is 85.2 Å². The summed E-state index contributed by atoms with van der Waals surface area (Å²) in [5.74, 6) is 1.06. The third-order valence-corrected chi connectivity index (χ3v) is 7.55. The van der Waals surface area contributed by atoms with Gasteiger partial charge in [0.2, 0.25) is 5.88 Å². The van der Waals surface area contributed by atoms with Crippen molar-refractivity contribution in [1.82, 2.24) is 24.7 Å². The van der Waals surface area contributed by atoms with Crippen molar-refractivity contribution in [3.8, 4) is 28.1 Å². The number of benzene rings is 3. The van der Waals surface area contributed by atoms with E-state index in [0.29, 0.717) is 29.1 Å².